The maximum Gasteiger partial charge on any atom is 0.134 e. The fourth-order valence-electron chi connectivity index (χ4n) is 5.31. The Bertz CT molecular complexity index is 405. The first-order valence-corrected chi connectivity index (χ1v) is 12.1. The summed E-state index contributed by atoms with van der Waals surface area (Å²) in [6.07, 6.45) is 8.88. The third-order valence-corrected chi connectivity index (χ3v) is 7.15. The number of rotatable bonds is 12. The molecule has 0 N–H and O–H groups in total. The van der Waals surface area contributed by atoms with Crippen LogP contribution in [0.15, 0.2) is 0 Å². The molecule has 0 radical (unpaired) electrons. The summed E-state index contributed by atoms with van der Waals surface area (Å²) in [5, 5.41) is 0. The van der Waals surface area contributed by atoms with Crippen LogP contribution < -0.4 is 0 Å². The van der Waals surface area contributed by atoms with Crippen LogP contribution in [0, 0.1) is 17.8 Å². The number of alkyl halides is 3. The highest BCUT2D eigenvalue weighted by atomic mass is 19.2. The summed E-state index contributed by atoms with van der Waals surface area (Å²) < 4.78 is 50.0. The lowest BCUT2D eigenvalue weighted by Gasteiger charge is -2.42. The standard InChI is InChI=1S/C24H43F3O/c1-3-5-7-9-11-18-12-14-20(24(27)23(18)26)19-13-15-22(21(25)17-19)28-16-10-8-6-4-2/h18-24H,3-17H2,1-2H3. The third kappa shape index (κ3) is 7.22. The van der Waals surface area contributed by atoms with Gasteiger partial charge in [0.15, 0.2) is 0 Å². The predicted octanol–water partition coefficient (Wildman–Crippen LogP) is 7.76. The molecule has 7 unspecified atom stereocenters. The number of unbranched alkanes of at least 4 members (excludes halogenated alkanes) is 6. The summed E-state index contributed by atoms with van der Waals surface area (Å²) in [6, 6.07) is 0. The fraction of sp³-hybridized carbons (Fsp3) is 1.00. The zero-order chi connectivity index (χ0) is 20.4. The van der Waals surface area contributed by atoms with E-state index in [1.165, 1.54) is 19.3 Å². The van der Waals surface area contributed by atoms with Crippen LogP contribution in [0.2, 0.25) is 0 Å². The molecule has 2 rings (SSSR count). The molecule has 1 nitrogen and oxygen atoms in total. The van der Waals surface area contributed by atoms with Crippen molar-refractivity contribution in [2.24, 2.45) is 17.8 Å². The Morgan fingerprint density at radius 3 is 2.14 bits per heavy atom. The molecule has 4 heteroatoms. The van der Waals surface area contributed by atoms with E-state index in [4.69, 9.17) is 4.74 Å². The summed E-state index contributed by atoms with van der Waals surface area (Å²) in [4.78, 5) is 0. The lowest BCUT2D eigenvalue weighted by molar-refractivity contribution is -0.0665. The van der Waals surface area contributed by atoms with E-state index < -0.39 is 18.5 Å². The van der Waals surface area contributed by atoms with Crippen LogP contribution in [0.1, 0.15) is 104 Å². The van der Waals surface area contributed by atoms with Gasteiger partial charge in [0.2, 0.25) is 0 Å². The number of hydrogen-bond acceptors (Lipinski definition) is 1. The van der Waals surface area contributed by atoms with Gasteiger partial charge in [-0.05, 0) is 62.7 Å². The van der Waals surface area contributed by atoms with Crippen molar-refractivity contribution in [3.63, 3.8) is 0 Å². The molecular formula is C24H43F3O. The smallest absolute Gasteiger partial charge is 0.134 e. The summed E-state index contributed by atoms with van der Waals surface area (Å²) in [5.74, 6) is -0.457. The van der Waals surface area contributed by atoms with Gasteiger partial charge in [-0.3, -0.25) is 0 Å². The lowest BCUT2D eigenvalue weighted by atomic mass is 9.68. The Morgan fingerprint density at radius 1 is 0.750 bits per heavy atom. The maximum absolute atomic E-state index is 14.9. The van der Waals surface area contributed by atoms with Crippen LogP contribution in [-0.4, -0.2) is 31.2 Å². The van der Waals surface area contributed by atoms with Gasteiger partial charge in [0.05, 0.1) is 6.10 Å². The first-order valence-electron chi connectivity index (χ1n) is 12.1. The minimum atomic E-state index is -1.41. The van der Waals surface area contributed by atoms with Crippen molar-refractivity contribution < 1.29 is 17.9 Å². The van der Waals surface area contributed by atoms with Crippen molar-refractivity contribution in [2.45, 2.75) is 128 Å². The second kappa shape index (κ2) is 13.1. The van der Waals surface area contributed by atoms with Gasteiger partial charge >= 0.3 is 0 Å². The zero-order valence-corrected chi connectivity index (χ0v) is 18.2. The number of ether oxygens (including phenoxy) is 1. The molecule has 0 spiro atoms. The van der Waals surface area contributed by atoms with Crippen LogP contribution in [0.4, 0.5) is 13.2 Å². The monoisotopic (exact) mass is 404 g/mol. The van der Waals surface area contributed by atoms with E-state index in [2.05, 4.69) is 13.8 Å². The largest absolute Gasteiger partial charge is 0.375 e. The molecule has 2 saturated carbocycles. The molecule has 2 fully saturated rings. The molecule has 2 aliphatic rings. The van der Waals surface area contributed by atoms with Gasteiger partial charge in [0.25, 0.3) is 0 Å². The van der Waals surface area contributed by atoms with Crippen molar-refractivity contribution in [3.05, 3.63) is 0 Å². The average Bonchev–Trinajstić information content (AvgIpc) is 2.69. The highest BCUT2D eigenvalue weighted by molar-refractivity contribution is 4.94. The van der Waals surface area contributed by atoms with Crippen LogP contribution in [0.3, 0.4) is 0 Å². The molecule has 2 aliphatic carbocycles. The normalized spacial score (nSPS) is 36.5. The fourth-order valence-corrected chi connectivity index (χ4v) is 5.31. The topological polar surface area (TPSA) is 9.23 Å². The minimum Gasteiger partial charge on any atom is -0.375 e. The SMILES string of the molecule is CCCCCCOC1CCC(C2CCC(CCCCCC)C(F)C2F)CC1F. The van der Waals surface area contributed by atoms with Gasteiger partial charge in [-0.15, -0.1) is 0 Å². The van der Waals surface area contributed by atoms with Crippen molar-refractivity contribution in [2.75, 3.05) is 6.61 Å². The Morgan fingerprint density at radius 2 is 1.46 bits per heavy atom. The van der Waals surface area contributed by atoms with Crippen molar-refractivity contribution >= 4 is 0 Å². The van der Waals surface area contributed by atoms with Crippen molar-refractivity contribution in [1.29, 1.82) is 0 Å². The minimum absolute atomic E-state index is 0.0239. The van der Waals surface area contributed by atoms with Crippen LogP contribution in [0.5, 0.6) is 0 Å². The Balaban J connectivity index is 1.72. The molecule has 7 atom stereocenters. The molecule has 28 heavy (non-hydrogen) atoms. The summed E-state index contributed by atoms with van der Waals surface area (Å²) in [6.45, 7) is 4.95. The van der Waals surface area contributed by atoms with Crippen molar-refractivity contribution in [3.8, 4) is 0 Å². The predicted molar refractivity (Wildman–Crippen MR) is 111 cm³/mol. The number of halogens is 3. The molecule has 0 bridgehead atoms. The molecule has 0 amide bonds. The van der Waals surface area contributed by atoms with Crippen LogP contribution in [-0.2, 0) is 4.74 Å². The quantitative estimate of drug-likeness (QED) is 0.302. The molecule has 0 aromatic rings. The Labute approximate surface area is 171 Å². The second-order valence-corrected chi connectivity index (χ2v) is 9.30. The molecule has 0 aromatic heterocycles. The Kier molecular flexibility index (Phi) is 11.3. The van der Waals surface area contributed by atoms with E-state index in [-0.39, 0.29) is 23.9 Å². The van der Waals surface area contributed by atoms with E-state index in [9.17, 15) is 13.2 Å². The highest BCUT2D eigenvalue weighted by Crippen LogP contribution is 2.44. The molecular weight excluding hydrogens is 361 g/mol. The third-order valence-electron chi connectivity index (χ3n) is 7.15. The molecule has 0 aromatic carbocycles. The molecule has 0 aliphatic heterocycles. The Hall–Kier alpha value is -0.250. The van der Waals surface area contributed by atoms with E-state index in [0.29, 0.717) is 19.4 Å². The zero-order valence-electron chi connectivity index (χ0n) is 18.2. The van der Waals surface area contributed by atoms with E-state index in [1.807, 2.05) is 0 Å². The first-order chi connectivity index (χ1) is 13.6. The average molecular weight is 405 g/mol. The van der Waals surface area contributed by atoms with Gasteiger partial charge in [-0.25, -0.2) is 13.2 Å². The van der Waals surface area contributed by atoms with E-state index in [1.54, 1.807) is 0 Å². The first kappa shape index (κ1) is 24.0. The lowest BCUT2D eigenvalue weighted by Crippen LogP contribution is -2.44. The summed E-state index contributed by atoms with van der Waals surface area (Å²) in [5.41, 5.74) is 0. The van der Waals surface area contributed by atoms with Gasteiger partial charge in [-0.1, -0.05) is 58.8 Å². The van der Waals surface area contributed by atoms with Gasteiger partial charge < -0.3 is 4.74 Å². The molecule has 0 heterocycles. The number of hydrogen-bond donors (Lipinski definition) is 0. The van der Waals surface area contributed by atoms with E-state index in [0.717, 1.165) is 57.8 Å². The van der Waals surface area contributed by atoms with Crippen LogP contribution >= 0.6 is 0 Å². The van der Waals surface area contributed by atoms with Gasteiger partial charge in [-0.2, -0.15) is 0 Å². The highest BCUT2D eigenvalue weighted by Gasteiger charge is 2.45. The van der Waals surface area contributed by atoms with Crippen LogP contribution in [0.25, 0.3) is 0 Å². The summed E-state index contributed by atoms with van der Waals surface area (Å²) >= 11 is 0. The second-order valence-electron chi connectivity index (χ2n) is 9.30. The molecule has 166 valence electrons. The van der Waals surface area contributed by atoms with Crippen molar-refractivity contribution in [1.82, 2.24) is 0 Å². The maximum atomic E-state index is 14.9. The summed E-state index contributed by atoms with van der Waals surface area (Å²) in [7, 11) is 0. The van der Waals surface area contributed by atoms with E-state index >= 15 is 0 Å². The van der Waals surface area contributed by atoms with Gasteiger partial charge in [0, 0.05) is 6.61 Å². The molecule has 0 saturated heterocycles. The van der Waals surface area contributed by atoms with Gasteiger partial charge in [0.1, 0.15) is 18.5 Å².